The second-order valence-electron chi connectivity index (χ2n) is 16.0. The molecule has 7 heteroatoms. The average molecular weight is 655 g/mol. The van der Waals surface area contributed by atoms with Crippen molar-refractivity contribution in [2.45, 2.75) is 101 Å². The molecule has 0 aliphatic heterocycles. The van der Waals surface area contributed by atoms with E-state index >= 15 is 4.79 Å². The SMILES string of the molecule is O=C(Cc1ccccc1)N(Cc1ccc(C(F)(F)F)cc1)C1(C(=O)NC23CC4CC(CC(C4)C2)C3)CCC2Cc3ccccc3CC2C1. The Kier molecular flexibility index (Phi) is 7.95. The number of hydrogen-bond acceptors (Lipinski definition) is 2. The Labute approximate surface area is 281 Å². The van der Waals surface area contributed by atoms with E-state index in [2.05, 4.69) is 29.6 Å². The number of carbonyl (C=O) groups is 2. The predicted molar refractivity (Wildman–Crippen MR) is 179 cm³/mol. The first kappa shape index (κ1) is 31.6. The van der Waals surface area contributed by atoms with Crippen LogP contribution in [-0.4, -0.2) is 27.8 Å². The van der Waals surface area contributed by atoms with Gasteiger partial charge < -0.3 is 10.2 Å². The van der Waals surface area contributed by atoms with E-state index in [1.807, 2.05) is 30.3 Å². The number of amides is 2. The number of nitrogens with zero attached hydrogens (tertiary/aromatic N) is 1. The number of rotatable bonds is 7. The molecule has 3 unspecified atom stereocenters. The first-order chi connectivity index (χ1) is 23.1. The van der Waals surface area contributed by atoms with Crippen molar-refractivity contribution in [1.29, 1.82) is 0 Å². The van der Waals surface area contributed by atoms with Crippen LogP contribution in [0.5, 0.6) is 0 Å². The van der Waals surface area contributed by atoms with Crippen LogP contribution < -0.4 is 5.32 Å². The fourth-order valence-corrected chi connectivity index (χ4v) is 10.9. The van der Waals surface area contributed by atoms with Gasteiger partial charge in [0.15, 0.2) is 0 Å². The van der Waals surface area contributed by atoms with Gasteiger partial charge in [-0.2, -0.15) is 13.2 Å². The van der Waals surface area contributed by atoms with Gasteiger partial charge in [-0.3, -0.25) is 9.59 Å². The summed E-state index contributed by atoms with van der Waals surface area (Å²) in [5.41, 5.74) is 2.12. The summed E-state index contributed by atoms with van der Waals surface area (Å²) in [5.74, 6) is 2.42. The zero-order chi connectivity index (χ0) is 33.1. The highest BCUT2D eigenvalue weighted by atomic mass is 19.4. The maximum Gasteiger partial charge on any atom is 0.416 e. The standard InChI is InChI=1S/C41H45F3N2O2/c42-41(43,44)36-12-10-28(11-13-36)26-46(37(47)19-27-6-2-1-3-7-27)40(15-14-34-20-32-8-4-5-9-33(32)21-35(34)25-40)38(48)45-39-22-29-16-30(23-39)18-31(17-29)24-39/h1-13,29-31,34-35H,14-26H2,(H,45,48). The van der Waals surface area contributed by atoms with Crippen LogP contribution in [0.2, 0.25) is 0 Å². The summed E-state index contributed by atoms with van der Waals surface area (Å²) < 4.78 is 40.5. The Morgan fingerprint density at radius 1 is 0.729 bits per heavy atom. The van der Waals surface area contributed by atoms with E-state index in [0.717, 1.165) is 56.2 Å². The molecule has 1 N–H and O–H groups in total. The molecule has 0 spiro atoms. The number of hydrogen-bond donors (Lipinski definition) is 1. The molecular formula is C41H45F3N2O2. The van der Waals surface area contributed by atoms with Crippen LogP contribution in [0.25, 0.3) is 0 Å². The van der Waals surface area contributed by atoms with Crippen molar-refractivity contribution in [3.63, 3.8) is 0 Å². The van der Waals surface area contributed by atoms with Gasteiger partial charge >= 0.3 is 6.18 Å². The first-order valence-corrected chi connectivity index (χ1v) is 18.0. The topological polar surface area (TPSA) is 49.4 Å². The molecule has 48 heavy (non-hydrogen) atoms. The highest BCUT2D eigenvalue weighted by Gasteiger charge is 2.57. The Hall–Kier alpha value is -3.61. The van der Waals surface area contributed by atoms with E-state index in [-0.39, 0.29) is 36.2 Å². The summed E-state index contributed by atoms with van der Waals surface area (Å²) >= 11 is 0. The summed E-state index contributed by atoms with van der Waals surface area (Å²) in [4.78, 5) is 31.7. The van der Waals surface area contributed by atoms with Crippen molar-refractivity contribution < 1.29 is 22.8 Å². The van der Waals surface area contributed by atoms with Crippen molar-refractivity contribution in [1.82, 2.24) is 10.2 Å². The third kappa shape index (κ3) is 5.96. The average Bonchev–Trinajstić information content (AvgIpc) is 3.05. The molecule has 6 aliphatic carbocycles. The fourth-order valence-electron chi connectivity index (χ4n) is 10.9. The maximum atomic E-state index is 15.2. The number of halogens is 3. The Bertz CT molecular complexity index is 1630. The second-order valence-corrected chi connectivity index (χ2v) is 16.0. The highest BCUT2D eigenvalue weighted by molar-refractivity contribution is 5.93. The minimum atomic E-state index is -4.45. The number of nitrogens with one attached hydrogen (secondary N) is 1. The molecule has 3 aromatic carbocycles. The molecule has 5 fully saturated rings. The first-order valence-electron chi connectivity index (χ1n) is 18.0. The molecule has 4 nitrogen and oxygen atoms in total. The molecular weight excluding hydrogens is 609 g/mol. The van der Waals surface area contributed by atoms with E-state index in [9.17, 15) is 18.0 Å². The van der Waals surface area contributed by atoms with Crippen LogP contribution in [-0.2, 0) is 41.6 Å². The van der Waals surface area contributed by atoms with Crippen molar-refractivity contribution in [3.05, 3.63) is 107 Å². The van der Waals surface area contributed by atoms with E-state index in [1.54, 1.807) is 4.90 Å². The third-order valence-electron chi connectivity index (χ3n) is 12.8. The van der Waals surface area contributed by atoms with Crippen molar-refractivity contribution in [3.8, 4) is 0 Å². The third-order valence-corrected chi connectivity index (χ3v) is 12.8. The molecule has 5 saturated carbocycles. The number of carbonyl (C=O) groups excluding carboxylic acids is 2. The molecule has 0 radical (unpaired) electrons. The largest absolute Gasteiger partial charge is 0.416 e. The Morgan fingerprint density at radius 3 is 1.92 bits per heavy atom. The van der Waals surface area contributed by atoms with Crippen molar-refractivity contribution in [2.24, 2.45) is 29.6 Å². The summed E-state index contributed by atoms with van der Waals surface area (Å²) in [5, 5.41) is 3.68. The summed E-state index contributed by atoms with van der Waals surface area (Å²) in [6.45, 7) is 0.0894. The molecule has 6 aliphatic rings. The maximum absolute atomic E-state index is 15.2. The van der Waals surface area contributed by atoms with Crippen LogP contribution in [0.15, 0.2) is 78.9 Å². The lowest BCUT2D eigenvalue weighted by atomic mass is 9.52. The summed E-state index contributed by atoms with van der Waals surface area (Å²) in [7, 11) is 0. The molecule has 2 amide bonds. The molecule has 252 valence electrons. The van der Waals surface area contributed by atoms with Crippen molar-refractivity contribution in [2.75, 3.05) is 0 Å². The van der Waals surface area contributed by atoms with Gasteiger partial charge in [-0.05, 0) is 135 Å². The van der Waals surface area contributed by atoms with E-state index < -0.39 is 17.3 Å². The fraction of sp³-hybridized carbons (Fsp3) is 0.512. The van der Waals surface area contributed by atoms with Gasteiger partial charge in [0.05, 0.1) is 12.0 Å². The zero-order valence-electron chi connectivity index (χ0n) is 27.5. The lowest BCUT2D eigenvalue weighted by Crippen LogP contribution is -2.69. The molecule has 3 atom stereocenters. The molecule has 3 aromatic rings. The molecule has 4 bridgehead atoms. The minimum Gasteiger partial charge on any atom is -0.349 e. The number of benzene rings is 3. The van der Waals surface area contributed by atoms with Crippen LogP contribution in [0.1, 0.15) is 85.6 Å². The van der Waals surface area contributed by atoms with Crippen LogP contribution in [0, 0.1) is 29.6 Å². The molecule has 0 aromatic heterocycles. The van der Waals surface area contributed by atoms with Crippen LogP contribution >= 0.6 is 0 Å². The Morgan fingerprint density at radius 2 is 1.31 bits per heavy atom. The summed E-state index contributed by atoms with van der Waals surface area (Å²) in [6.07, 6.45) is 6.29. The quantitative estimate of drug-likeness (QED) is 0.279. The molecule has 0 heterocycles. The van der Waals surface area contributed by atoms with Gasteiger partial charge in [0.2, 0.25) is 11.8 Å². The van der Waals surface area contributed by atoms with Crippen molar-refractivity contribution >= 4 is 11.8 Å². The number of alkyl halides is 3. The van der Waals surface area contributed by atoms with Gasteiger partial charge in [0, 0.05) is 12.1 Å². The smallest absolute Gasteiger partial charge is 0.349 e. The van der Waals surface area contributed by atoms with E-state index in [0.29, 0.717) is 42.1 Å². The predicted octanol–water partition coefficient (Wildman–Crippen LogP) is 8.32. The van der Waals surface area contributed by atoms with E-state index in [4.69, 9.17) is 0 Å². The lowest BCUT2D eigenvalue weighted by Gasteiger charge is -2.58. The van der Waals surface area contributed by atoms with Crippen LogP contribution in [0.3, 0.4) is 0 Å². The Balaban J connectivity index is 1.18. The second kappa shape index (κ2) is 12.1. The lowest BCUT2D eigenvalue weighted by molar-refractivity contribution is -0.157. The van der Waals surface area contributed by atoms with Gasteiger partial charge in [-0.15, -0.1) is 0 Å². The van der Waals surface area contributed by atoms with Gasteiger partial charge in [0.1, 0.15) is 5.54 Å². The van der Waals surface area contributed by atoms with Crippen LogP contribution in [0.4, 0.5) is 13.2 Å². The minimum absolute atomic E-state index is 0.0462. The zero-order valence-corrected chi connectivity index (χ0v) is 27.5. The monoisotopic (exact) mass is 654 g/mol. The summed E-state index contributed by atoms with van der Waals surface area (Å²) in [6, 6.07) is 23.3. The number of fused-ring (bicyclic) bond motifs is 2. The van der Waals surface area contributed by atoms with Gasteiger partial charge in [0.25, 0.3) is 0 Å². The molecule has 0 saturated heterocycles. The molecule has 9 rings (SSSR count). The van der Waals surface area contributed by atoms with Gasteiger partial charge in [-0.25, -0.2) is 0 Å². The normalized spacial score (nSPS) is 31.9. The highest BCUT2D eigenvalue weighted by Crippen LogP contribution is 2.56. The van der Waals surface area contributed by atoms with Gasteiger partial charge in [-0.1, -0.05) is 66.7 Å². The van der Waals surface area contributed by atoms with E-state index in [1.165, 1.54) is 42.5 Å².